The molecule has 1 saturated heterocycles. The summed E-state index contributed by atoms with van der Waals surface area (Å²) in [6.07, 6.45) is 3.92. The number of hydrazone groups is 1. The van der Waals surface area contributed by atoms with E-state index in [-0.39, 0.29) is 23.4 Å². The average molecular weight is 485 g/mol. The van der Waals surface area contributed by atoms with Gasteiger partial charge >= 0.3 is 0 Å². The molecule has 0 spiro atoms. The van der Waals surface area contributed by atoms with E-state index in [0.29, 0.717) is 31.0 Å². The number of rotatable bonds is 7. The van der Waals surface area contributed by atoms with Gasteiger partial charge in [-0.2, -0.15) is 9.41 Å². The summed E-state index contributed by atoms with van der Waals surface area (Å²) < 4.78 is 32.8. The van der Waals surface area contributed by atoms with Gasteiger partial charge in [-0.3, -0.25) is 4.79 Å². The minimum atomic E-state index is -3.52. The van der Waals surface area contributed by atoms with Crippen LogP contribution in [0.1, 0.15) is 35.9 Å². The number of benzene rings is 1. The van der Waals surface area contributed by atoms with E-state index in [9.17, 15) is 13.2 Å². The molecule has 172 valence electrons. The zero-order valence-corrected chi connectivity index (χ0v) is 19.5. The third-order valence-electron chi connectivity index (χ3n) is 5.82. The second kappa shape index (κ2) is 9.12. The summed E-state index contributed by atoms with van der Waals surface area (Å²) in [5.41, 5.74) is 1.42. The fourth-order valence-corrected chi connectivity index (χ4v) is 6.42. The van der Waals surface area contributed by atoms with Crippen LogP contribution in [-0.4, -0.2) is 49.0 Å². The van der Waals surface area contributed by atoms with Crippen molar-refractivity contribution in [3.05, 3.63) is 70.8 Å². The molecule has 0 saturated carbocycles. The van der Waals surface area contributed by atoms with Crippen molar-refractivity contribution < 1.29 is 17.6 Å². The number of thiophene rings is 1. The molecule has 1 aromatic carbocycles. The van der Waals surface area contributed by atoms with Gasteiger partial charge in [0.25, 0.3) is 5.91 Å². The van der Waals surface area contributed by atoms with Gasteiger partial charge in [-0.25, -0.2) is 13.4 Å². The first kappa shape index (κ1) is 21.9. The quantitative estimate of drug-likeness (QED) is 0.549. The third kappa shape index (κ3) is 4.46. The van der Waals surface area contributed by atoms with Gasteiger partial charge < -0.3 is 9.73 Å². The number of carbonyl (C=O) groups excluding carboxylic acids is 1. The van der Waals surface area contributed by atoms with Gasteiger partial charge in [0.15, 0.2) is 0 Å². The summed E-state index contributed by atoms with van der Waals surface area (Å²) in [6.45, 7) is 1.07. The fourth-order valence-electron chi connectivity index (χ4n) is 4.14. The number of amides is 1. The number of nitrogens with zero attached hydrogens (tertiary/aromatic N) is 3. The molecule has 10 heteroatoms. The van der Waals surface area contributed by atoms with Crippen molar-refractivity contribution in [1.82, 2.24) is 9.31 Å². The predicted molar refractivity (Wildman–Crippen MR) is 127 cm³/mol. The molecule has 33 heavy (non-hydrogen) atoms. The van der Waals surface area contributed by atoms with Crippen LogP contribution in [0, 0.1) is 0 Å². The lowest BCUT2D eigenvalue weighted by Gasteiger charge is -2.20. The SMILES string of the molecule is O=C(CNc1cccc(S(=O)(=O)N2CCCC2)c1)N1N=C(c2cccs2)C[C@H]1c1ccco1. The van der Waals surface area contributed by atoms with Gasteiger partial charge in [0.05, 0.1) is 28.3 Å². The highest BCUT2D eigenvalue weighted by atomic mass is 32.2. The average Bonchev–Trinajstić information content (AvgIpc) is 3.64. The maximum Gasteiger partial charge on any atom is 0.262 e. The Balaban J connectivity index is 1.31. The highest BCUT2D eigenvalue weighted by molar-refractivity contribution is 7.89. The van der Waals surface area contributed by atoms with Crippen LogP contribution in [0.25, 0.3) is 0 Å². The molecule has 1 fully saturated rings. The van der Waals surface area contributed by atoms with Crippen LogP contribution in [0.4, 0.5) is 5.69 Å². The van der Waals surface area contributed by atoms with Crippen LogP contribution in [0.2, 0.25) is 0 Å². The molecular formula is C23H24N4O4S2. The number of nitrogens with one attached hydrogen (secondary N) is 1. The second-order valence-electron chi connectivity index (χ2n) is 7.99. The number of furan rings is 1. The van der Waals surface area contributed by atoms with E-state index in [1.807, 2.05) is 23.6 Å². The molecule has 5 rings (SSSR count). The molecule has 4 heterocycles. The molecule has 1 N–H and O–H groups in total. The highest BCUT2D eigenvalue weighted by Gasteiger charge is 2.35. The molecule has 0 aliphatic carbocycles. The fraction of sp³-hybridized carbons (Fsp3) is 0.304. The largest absolute Gasteiger partial charge is 0.467 e. The molecule has 0 bridgehead atoms. The standard InChI is InChI=1S/C23H24N4O4S2/c28-23(16-24-17-6-3-7-18(14-17)33(29,30)26-10-1-2-11-26)27-20(21-8-4-12-31-21)15-19(25-27)22-9-5-13-32-22/h3-9,12-14,20,24H,1-2,10-11,15-16H2/t20-/m0/s1. The van der Waals surface area contributed by atoms with E-state index in [1.165, 1.54) is 9.31 Å². The van der Waals surface area contributed by atoms with Gasteiger partial charge in [-0.1, -0.05) is 12.1 Å². The molecule has 2 aromatic heterocycles. The first-order chi connectivity index (χ1) is 16.0. The van der Waals surface area contributed by atoms with Crippen LogP contribution in [-0.2, 0) is 14.8 Å². The topological polar surface area (TPSA) is 95.2 Å². The van der Waals surface area contributed by atoms with E-state index in [2.05, 4.69) is 10.4 Å². The Morgan fingerprint density at radius 2 is 2.00 bits per heavy atom. The molecule has 2 aliphatic rings. The highest BCUT2D eigenvalue weighted by Crippen LogP contribution is 2.34. The van der Waals surface area contributed by atoms with Crippen LogP contribution >= 0.6 is 11.3 Å². The lowest BCUT2D eigenvalue weighted by Crippen LogP contribution is -2.32. The van der Waals surface area contributed by atoms with E-state index in [0.717, 1.165) is 23.4 Å². The lowest BCUT2D eigenvalue weighted by molar-refractivity contribution is -0.131. The van der Waals surface area contributed by atoms with E-state index in [4.69, 9.17) is 4.42 Å². The molecule has 8 nitrogen and oxygen atoms in total. The Kier molecular flexibility index (Phi) is 6.05. The van der Waals surface area contributed by atoms with Gasteiger partial charge in [-0.05, 0) is 54.6 Å². The summed E-state index contributed by atoms with van der Waals surface area (Å²) in [4.78, 5) is 14.4. The van der Waals surface area contributed by atoms with Crippen molar-refractivity contribution in [2.24, 2.45) is 5.10 Å². The van der Waals surface area contributed by atoms with Gasteiger partial charge in [0.1, 0.15) is 11.8 Å². The Labute approximate surface area is 196 Å². The summed E-state index contributed by atoms with van der Waals surface area (Å²) in [7, 11) is -3.52. The minimum Gasteiger partial charge on any atom is -0.467 e. The lowest BCUT2D eigenvalue weighted by atomic mass is 10.1. The van der Waals surface area contributed by atoms with E-state index in [1.54, 1.807) is 47.9 Å². The summed E-state index contributed by atoms with van der Waals surface area (Å²) >= 11 is 1.58. The van der Waals surface area contributed by atoms with Gasteiger partial charge in [-0.15, -0.1) is 11.3 Å². The molecule has 2 aliphatic heterocycles. The Morgan fingerprint density at radius 1 is 1.15 bits per heavy atom. The number of hydrogen-bond acceptors (Lipinski definition) is 7. The number of anilines is 1. The first-order valence-electron chi connectivity index (χ1n) is 10.8. The minimum absolute atomic E-state index is 0.0222. The maximum absolute atomic E-state index is 13.1. The number of hydrogen-bond donors (Lipinski definition) is 1. The normalized spacial score (nSPS) is 19.1. The number of carbonyl (C=O) groups is 1. The Morgan fingerprint density at radius 3 is 2.73 bits per heavy atom. The third-order valence-corrected chi connectivity index (χ3v) is 8.64. The zero-order valence-electron chi connectivity index (χ0n) is 17.9. The molecule has 3 aromatic rings. The molecule has 0 unspecified atom stereocenters. The van der Waals surface area contributed by atoms with Crippen LogP contribution in [0.5, 0.6) is 0 Å². The Hall–Kier alpha value is -2.95. The monoisotopic (exact) mass is 484 g/mol. The van der Waals surface area contributed by atoms with Gasteiger partial charge in [0, 0.05) is 25.2 Å². The van der Waals surface area contributed by atoms with Crippen molar-refractivity contribution in [2.75, 3.05) is 25.0 Å². The van der Waals surface area contributed by atoms with Crippen molar-refractivity contribution in [3.63, 3.8) is 0 Å². The van der Waals surface area contributed by atoms with Crippen molar-refractivity contribution in [1.29, 1.82) is 0 Å². The first-order valence-corrected chi connectivity index (χ1v) is 13.2. The molecular weight excluding hydrogens is 460 g/mol. The summed E-state index contributed by atoms with van der Waals surface area (Å²) in [5, 5.41) is 11.1. The predicted octanol–water partition coefficient (Wildman–Crippen LogP) is 3.92. The second-order valence-corrected chi connectivity index (χ2v) is 10.9. The van der Waals surface area contributed by atoms with Gasteiger partial charge in [0.2, 0.25) is 10.0 Å². The van der Waals surface area contributed by atoms with E-state index < -0.39 is 10.0 Å². The van der Waals surface area contributed by atoms with Crippen molar-refractivity contribution >= 4 is 38.7 Å². The maximum atomic E-state index is 13.1. The van der Waals surface area contributed by atoms with E-state index >= 15 is 0 Å². The summed E-state index contributed by atoms with van der Waals surface area (Å²) in [6, 6.07) is 13.9. The van der Waals surface area contributed by atoms with Crippen molar-refractivity contribution in [3.8, 4) is 0 Å². The smallest absolute Gasteiger partial charge is 0.262 e. The summed E-state index contributed by atoms with van der Waals surface area (Å²) in [5.74, 6) is 0.452. The molecule has 1 atom stereocenters. The van der Waals surface area contributed by atoms with Crippen LogP contribution in [0.3, 0.4) is 0 Å². The Bertz CT molecular complexity index is 1250. The van der Waals surface area contributed by atoms with Crippen LogP contribution < -0.4 is 5.32 Å². The molecule has 1 amide bonds. The van der Waals surface area contributed by atoms with Crippen LogP contribution in [0.15, 0.2) is 74.6 Å². The van der Waals surface area contributed by atoms with Crippen molar-refractivity contribution in [2.45, 2.75) is 30.2 Å². The number of sulfonamides is 1. The zero-order chi connectivity index (χ0) is 22.8. The molecule has 0 radical (unpaired) electrons.